The first-order chi connectivity index (χ1) is 8.54. The summed E-state index contributed by atoms with van der Waals surface area (Å²) in [5, 5.41) is 2.87. The maximum Gasteiger partial charge on any atom is 0.260 e. The molecule has 0 aliphatic rings. The Labute approximate surface area is 110 Å². The second kappa shape index (κ2) is 7.04. The second-order valence-electron chi connectivity index (χ2n) is 4.67. The second-order valence-corrected chi connectivity index (χ2v) is 4.67. The van der Waals surface area contributed by atoms with Gasteiger partial charge in [-0.2, -0.15) is 0 Å². The Morgan fingerprint density at radius 1 is 1.39 bits per heavy atom. The van der Waals surface area contributed by atoms with E-state index in [2.05, 4.69) is 12.2 Å². The molecular weight excluding hydrogens is 226 g/mol. The van der Waals surface area contributed by atoms with Gasteiger partial charge in [-0.1, -0.05) is 25.5 Å². The number of nitrogens with one attached hydrogen (secondary N) is 1. The van der Waals surface area contributed by atoms with E-state index in [0.717, 1.165) is 36.3 Å². The molecule has 0 radical (unpaired) electrons. The standard InChI is InChI=1S/C15H23NO2/c1-5-6-9-16-15(17)13(4)18-14-10-11(2)7-8-12(14)3/h7-8,10,13H,5-6,9H2,1-4H3,(H,16,17)/t13-/m0/s1. The molecule has 0 aliphatic heterocycles. The van der Waals surface area contributed by atoms with Gasteiger partial charge in [-0.15, -0.1) is 0 Å². The van der Waals surface area contributed by atoms with Gasteiger partial charge in [0.05, 0.1) is 0 Å². The molecule has 100 valence electrons. The predicted octanol–water partition coefficient (Wildman–Crippen LogP) is 2.99. The number of benzene rings is 1. The molecule has 0 aliphatic carbocycles. The Hall–Kier alpha value is -1.51. The molecule has 1 aromatic rings. The van der Waals surface area contributed by atoms with E-state index in [-0.39, 0.29) is 5.91 Å². The van der Waals surface area contributed by atoms with Crippen LogP contribution in [0.2, 0.25) is 0 Å². The molecule has 3 nitrogen and oxygen atoms in total. The molecule has 3 heteroatoms. The lowest BCUT2D eigenvalue weighted by atomic mass is 10.1. The molecule has 1 aromatic carbocycles. The van der Waals surface area contributed by atoms with Crippen molar-refractivity contribution in [3.63, 3.8) is 0 Å². The predicted molar refractivity (Wildman–Crippen MR) is 73.9 cm³/mol. The van der Waals surface area contributed by atoms with Crippen LogP contribution < -0.4 is 10.1 Å². The first-order valence-electron chi connectivity index (χ1n) is 6.56. The van der Waals surface area contributed by atoms with Crippen molar-refractivity contribution in [1.29, 1.82) is 0 Å². The number of unbranched alkanes of at least 4 members (excludes halogenated alkanes) is 1. The van der Waals surface area contributed by atoms with Crippen molar-refractivity contribution in [2.45, 2.75) is 46.6 Å². The number of aryl methyl sites for hydroxylation is 2. The topological polar surface area (TPSA) is 38.3 Å². The molecule has 1 N–H and O–H groups in total. The molecule has 0 heterocycles. The fourth-order valence-electron chi connectivity index (χ4n) is 1.61. The zero-order valence-electron chi connectivity index (χ0n) is 11.7. The van der Waals surface area contributed by atoms with Crippen molar-refractivity contribution in [3.05, 3.63) is 29.3 Å². The van der Waals surface area contributed by atoms with E-state index in [1.165, 1.54) is 0 Å². The zero-order chi connectivity index (χ0) is 13.5. The van der Waals surface area contributed by atoms with E-state index in [9.17, 15) is 4.79 Å². The molecule has 0 saturated carbocycles. The summed E-state index contributed by atoms with van der Waals surface area (Å²) in [4.78, 5) is 11.8. The molecule has 0 bridgehead atoms. The summed E-state index contributed by atoms with van der Waals surface area (Å²) in [7, 11) is 0. The average Bonchev–Trinajstić information content (AvgIpc) is 2.34. The minimum atomic E-state index is -0.456. The number of rotatable bonds is 6. The van der Waals surface area contributed by atoms with Crippen LogP contribution >= 0.6 is 0 Å². The molecule has 1 atom stereocenters. The van der Waals surface area contributed by atoms with Gasteiger partial charge in [-0.3, -0.25) is 4.79 Å². The lowest BCUT2D eigenvalue weighted by Crippen LogP contribution is -2.36. The van der Waals surface area contributed by atoms with Gasteiger partial charge in [0.2, 0.25) is 0 Å². The van der Waals surface area contributed by atoms with E-state index in [4.69, 9.17) is 4.74 Å². The van der Waals surface area contributed by atoms with Crippen LogP contribution in [0.4, 0.5) is 0 Å². The largest absolute Gasteiger partial charge is 0.481 e. The first kappa shape index (κ1) is 14.6. The number of carbonyl (C=O) groups is 1. The highest BCUT2D eigenvalue weighted by Crippen LogP contribution is 2.20. The quantitative estimate of drug-likeness (QED) is 0.787. The number of ether oxygens (including phenoxy) is 1. The van der Waals surface area contributed by atoms with Gasteiger partial charge in [0, 0.05) is 6.54 Å². The van der Waals surface area contributed by atoms with Crippen molar-refractivity contribution < 1.29 is 9.53 Å². The Morgan fingerprint density at radius 3 is 2.78 bits per heavy atom. The molecule has 0 unspecified atom stereocenters. The zero-order valence-corrected chi connectivity index (χ0v) is 11.7. The Morgan fingerprint density at radius 2 is 2.11 bits per heavy atom. The third kappa shape index (κ3) is 4.40. The van der Waals surface area contributed by atoms with E-state index in [1.54, 1.807) is 6.92 Å². The van der Waals surface area contributed by atoms with Crippen LogP contribution in [-0.2, 0) is 4.79 Å². The summed E-state index contributed by atoms with van der Waals surface area (Å²) in [5.74, 6) is 0.734. The fraction of sp³-hybridized carbons (Fsp3) is 0.533. The van der Waals surface area contributed by atoms with Gasteiger partial charge in [-0.25, -0.2) is 0 Å². The van der Waals surface area contributed by atoms with Crippen LogP contribution in [0.3, 0.4) is 0 Å². The lowest BCUT2D eigenvalue weighted by Gasteiger charge is -2.16. The molecular formula is C15H23NO2. The summed E-state index contributed by atoms with van der Waals surface area (Å²) in [6.45, 7) is 8.59. The Kier molecular flexibility index (Phi) is 5.69. The summed E-state index contributed by atoms with van der Waals surface area (Å²) >= 11 is 0. The fourth-order valence-corrected chi connectivity index (χ4v) is 1.61. The third-order valence-corrected chi connectivity index (χ3v) is 2.85. The van der Waals surface area contributed by atoms with Crippen molar-refractivity contribution in [3.8, 4) is 5.75 Å². The van der Waals surface area contributed by atoms with Gasteiger partial charge < -0.3 is 10.1 Å². The summed E-state index contributed by atoms with van der Waals surface area (Å²) in [5.41, 5.74) is 2.18. The van der Waals surface area contributed by atoms with Gasteiger partial charge in [0.25, 0.3) is 5.91 Å². The van der Waals surface area contributed by atoms with Gasteiger partial charge in [-0.05, 0) is 44.4 Å². The smallest absolute Gasteiger partial charge is 0.260 e. The number of hydrogen-bond donors (Lipinski definition) is 1. The minimum Gasteiger partial charge on any atom is -0.481 e. The van der Waals surface area contributed by atoms with Crippen LogP contribution in [-0.4, -0.2) is 18.6 Å². The van der Waals surface area contributed by atoms with E-state index in [0.29, 0.717) is 0 Å². The Balaban J connectivity index is 2.55. The van der Waals surface area contributed by atoms with Gasteiger partial charge in [0.15, 0.2) is 6.10 Å². The summed E-state index contributed by atoms with van der Waals surface area (Å²) in [6, 6.07) is 6.01. The number of amides is 1. The SMILES string of the molecule is CCCCNC(=O)[C@H](C)Oc1cc(C)ccc1C. The minimum absolute atomic E-state index is 0.0515. The molecule has 0 fully saturated rings. The van der Waals surface area contributed by atoms with Crippen LogP contribution in [0.1, 0.15) is 37.8 Å². The molecule has 1 amide bonds. The van der Waals surface area contributed by atoms with Crippen molar-refractivity contribution in [1.82, 2.24) is 5.32 Å². The van der Waals surface area contributed by atoms with Gasteiger partial charge in [0.1, 0.15) is 5.75 Å². The van der Waals surface area contributed by atoms with Crippen LogP contribution in [0.25, 0.3) is 0 Å². The van der Waals surface area contributed by atoms with E-state index in [1.807, 2.05) is 32.0 Å². The first-order valence-corrected chi connectivity index (χ1v) is 6.56. The molecule has 18 heavy (non-hydrogen) atoms. The molecule has 1 rings (SSSR count). The highest BCUT2D eigenvalue weighted by molar-refractivity contribution is 5.80. The number of carbonyl (C=O) groups excluding carboxylic acids is 1. The number of hydrogen-bond acceptors (Lipinski definition) is 2. The Bertz CT molecular complexity index is 401. The van der Waals surface area contributed by atoms with E-state index < -0.39 is 6.10 Å². The van der Waals surface area contributed by atoms with Gasteiger partial charge >= 0.3 is 0 Å². The summed E-state index contributed by atoms with van der Waals surface area (Å²) in [6.07, 6.45) is 1.62. The highest BCUT2D eigenvalue weighted by atomic mass is 16.5. The molecule has 0 spiro atoms. The molecule has 0 aromatic heterocycles. The van der Waals surface area contributed by atoms with Crippen molar-refractivity contribution in [2.75, 3.05) is 6.54 Å². The monoisotopic (exact) mass is 249 g/mol. The van der Waals surface area contributed by atoms with Crippen molar-refractivity contribution in [2.24, 2.45) is 0 Å². The molecule has 0 saturated heterocycles. The maximum atomic E-state index is 11.8. The van der Waals surface area contributed by atoms with Crippen LogP contribution in [0, 0.1) is 13.8 Å². The van der Waals surface area contributed by atoms with Crippen LogP contribution in [0.15, 0.2) is 18.2 Å². The third-order valence-electron chi connectivity index (χ3n) is 2.85. The maximum absolute atomic E-state index is 11.8. The highest BCUT2D eigenvalue weighted by Gasteiger charge is 2.14. The van der Waals surface area contributed by atoms with E-state index >= 15 is 0 Å². The summed E-state index contributed by atoms with van der Waals surface area (Å²) < 4.78 is 5.71. The van der Waals surface area contributed by atoms with Crippen molar-refractivity contribution >= 4 is 5.91 Å². The average molecular weight is 249 g/mol. The lowest BCUT2D eigenvalue weighted by molar-refractivity contribution is -0.127. The normalized spacial score (nSPS) is 12.0. The van der Waals surface area contributed by atoms with Crippen LogP contribution in [0.5, 0.6) is 5.75 Å².